The van der Waals surface area contributed by atoms with Gasteiger partial charge in [0.15, 0.2) is 5.58 Å². The van der Waals surface area contributed by atoms with Gasteiger partial charge in [-0.2, -0.15) is 0 Å². The molecule has 12 rings (SSSR count). The first-order chi connectivity index (χ1) is 28.3. The van der Waals surface area contributed by atoms with Crippen LogP contribution in [0, 0.1) is 0 Å². The van der Waals surface area contributed by atoms with E-state index in [9.17, 15) is 0 Å². The largest absolute Gasteiger partial charge is 0.451 e. The third kappa shape index (κ3) is 4.82. The Hall–Kier alpha value is -7.76. The van der Waals surface area contributed by atoms with Crippen LogP contribution in [0.15, 0.2) is 199 Å². The SMILES string of the molecule is c1ccc(-c2cccc3c2oc2c(-c4ccc(-n5c6ccccc6c6cc(-c7ccc8c(c7)c7ccccc7n8-c7ccccc7)ccc65)cc4)ncnc23)cc1. The summed E-state index contributed by atoms with van der Waals surface area (Å²) in [5.74, 6) is 0. The number of benzene rings is 8. The van der Waals surface area contributed by atoms with Crippen molar-refractivity contribution in [1.29, 1.82) is 0 Å². The van der Waals surface area contributed by atoms with Gasteiger partial charge in [0.2, 0.25) is 0 Å². The van der Waals surface area contributed by atoms with Crippen molar-refractivity contribution in [2.75, 3.05) is 0 Å². The maximum atomic E-state index is 6.62. The number of aromatic nitrogens is 4. The molecule has 0 fully saturated rings. The number of furan rings is 1. The van der Waals surface area contributed by atoms with Crippen molar-refractivity contribution >= 4 is 65.7 Å². The van der Waals surface area contributed by atoms with Crippen LogP contribution in [0.3, 0.4) is 0 Å². The maximum absolute atomic E-state index is 6.62. The molecule has 266 valence electrons. The summed E-state index contributed by atoms with van der Waals surface area (Å²) in [4.78, 5) is 9.42. The Morgan fingerprint density at radius 1 is 0.351 bits per heavy atom. The highest BCUT2D eigenvalue weighted by molar-refractivity contribution is 6.13. The van der Waals surface area contributed by atoms with E-state index >= 15 is 0 Å². The van der Waals surface area contributed by atoms with Gasteiger partial charge in [-0.05, 0) is 83.4 Å². The topological polar surface area (TPSA) is 48.8 Å². The molecule has 12 aromatic rings. The van der Waals surface area contributed by atoms with Crippen LogP contribution in [0.2, 0.25) is 0 Å². The molecule has 0 aliphatic carbocycles. The molecule has 0 saturated carbocycles. The lowest BCUT2D eigenvalue weighted by Gasteiger charge is -2.10. The number of fused-ring (bicyclic) bond motifs is 9. The standard InChI is InChI=1S/C52H32N4O/c1-3-12-33(13-4-1)39-18-11-19-42-50-52(57-51(39)42)49(53-32-54-50)34-22-26-38(27-23-34)56-46-21-10-8-17-41(46)44-31-36(25-29-48(44)56)35-24-28-47-43(30-35)40-16-7-9-20-45(40)55(47)37-14-5-2-6-15-37/h1-32H. The zero-order valence-electron chi connectivity index (χ0n) is 30.7. The molecule has 0 saturated heterocycles. The molecule has 4 aromatic heterocycles. The predicted octanol–water partition coefficient (Wildman–Crippen LogP) is 13.6. The van der Waals surface area contributed by atoms with E-state index in [0.717, 1.165) is 61.3 Å². The molecule has 0 radical (unpaired) electrons. The predicted molar refractivity (Wildman–Crippen MR) is 234 cm³/mol. The van der Waals surface area contributed by atoms with Gasteiger partial charge in [0, 0.05) is 49.4 Å². The average Bonchev–Trinajstić information content (AvgIpc) is 3.94. The normalized spacial score (nSPS) is 11.9. The summed E-state index contributed by atoms with van der Waals surface area (Å²) in [6, 6.07) is 67.0. The molecule has 0 aliphatic rings. The van der Waals surface area contributed by atoms with E-state index in [2.05, 4.69) is 184 Å². The minimum absolute atomic E-state index is 0.691. The lowest BCUT2D eigenvalue weighted by Crippen LogP contribution is -1.94. The number of para-hydroxylation sites is 4. The highest BCUT2D eigenvalue weighted by Crippen LogP contribution is 2.40. The van der Waals surface area contributed by atoms with Crippen molar-refractivity contribution < 1.29 is 4.42 Å². The molecule has 0 unspecified atom stereocenters. The summed E-state index contributed by atoms with van der Waals surface area (Å²) in [7, 11) is 0. The van der Waals surface area contributed by atoms with Crippen LogP contribution in [0.25, 0.3) is 111 Å². The second-order valence-electron chi connectivity index (χ2n) is 14.6. The van der Waals surface area contributed by atoms with E-state index in [1.165, 1.54) is 43.7 Å². The molecular formula is C52H32N4O. The molecule has 0 amide bonds. The fraction of sp³-hybridized carbons (Fsp3) is 0. The summed E-state index contributed by atoms with van der Waals surface area (Å²) in [5.41, 5.74) is 15.6. The minimum Gasteiger partial charge on any atom is -0.451 e. The van der Waals surface area contributed by atoms with E-state index in [-0.39, 0.29) is 0 Å². The van der Waals surface area contributed by atoms with Gasteiger partial charge in [-0.25, -0.2) is 9.97 Å². The first-order valence-corrected chi connectivity index (χ1v) is 19.2. The van der Waals surface area contributed by atoms with Crippen molar-refractivity contribution in [3.05, 3.63) is 194 Å². The molecule has 0 atom stereocenters. The van der Waals surface area contributed by atoms with Crippen LogP contribution in [0.5, 0.6) is 0 Å². The van der Waals surface area contributed by atoms with Crippen LogP contribution in [-0.2, 0) is 0 Å². The van der Waals surface area contributed by atoms with Gasteiger partial charge in [-0.3, -0.25) is 0 Å². The second kappa shape index (κ2) is 12.4. The Balaban J connectivity index is 0.959. The van der Waals surface area contributed by atoms with E-state index < -0.39 is 0 Å². The van der Waals surface area contributed by atoms with Crippen molar-refractivity contribution in [2.24, 2.45) is 0 Å². The summed E-state index contributed by atoms with van der Waals surface area (Å²) < 4.78 is 11.3. The van der Waals surface area contributed by atoms with E-state index in [4.69, 9.17) is 9.40 Å². The summed E-state index contributed by atoms with van der Waals surface area (Å²) in [5, 5.41) is 5.91. The number of nitrogens with zero attached hydrogens (tertiary/aromatic N) is 4. The van der Waals surface area contributed by atoms with Crippen molar-refractivity contribution in [3.8, 4) is 44.9 Å². The van der Waals surface area contributed by atoms with Gasteiger partial charge in [-0.1, -0.05) is 121 Å². The van der Waals surface area contributed by atoms with Gasteiger partial charge in [0.05, 0.1) is 22.1 Å². The fourth-order valence-corrected chi connectivity index (χ4v) is 8.86. The Morgan fingerprint density at radius 3 is 1.53 bits per heavy atom. The van der Waals surface area contributed by atoms with Crippen molar-refractivity contribution in [1.82, 2.24) is 19.1 Å². The summed E-state index contributed by atoms with van der Waals surface area (Å²) >= 11 is 0. The quantitative estimate of drug-likeness (QED) is 0.177. The van der Waals surface area contributed by atoms with Gasteiger partial charge in [-0.15, -0.1) is 0 Å². The zero-order valence-corrected chi connectivity index (χ0v) is 30.7. The Bertz CT molecular complexity index is 3500. The van der Waals surface area contributed by atoms with Crippen LogP contribution in [0.4, 0.5) is 0 Å². The molecule has 5 nitrogen and oxygen atoms in total. The zero-order chi connectivity index (χ0) is 37.5. The monoisotopic (exact) mass is 728 g/mol. The number of hydrogen-bond donors (Lipinski definition) is 0. The Labute approximate surface area is 327 Å². The van der Waals surface area contributed by atoms with Crippen molar-refractivity contribution in [2.45, 2.75) is 0 Å². The highest BCUT2D eigenvalue weighted by Gasteiger charge is 2.19. The van der Waals surface area contributed by atoms with Crippen LogP contribution < -0.4 is 0 Å². The highest BCUT2D eigenvalue weighted by atomic mass is 16.3. The number of rotatable bonds is 5. The van der Waals surface area contributed by atoms with Gasteiger partial charge >= 0.3 is 0 Å². The molecular weight excluding hydrogens is 697 g/mol. The first kappa shape index (κ1) is 31.6. The van der Waals surface area contributed by atoms with Crippen molar-refractivity contribution in [3.63, 3.8) is 0 Å². The molecule has 0 bridgehead atoms. The lowest BCUT2D eigenvalue weighted by molar-refractivity contribution is 0.668. The summed E-state index contributed by atoms with van der Waals surface area (Å²) in [6.45, 7) is 0. The first-order valence-electron chi connectivity index (χ1n) is 19.2. The molecule has 0 N–H and O–H groups in total. The lowest BCUT2D eigenvalue weighted by atomic mass is 10.0. The minimum atomic E-state index is 0.691. The van der Waals surface area contributed by atoms with Crippen LogP contribution >= 0.6 is 0 Å². The van der Waals surface area contributed by atoms with Crippen LogP contribution in [0.1, 0.15) is 0 Å². The molecule has 4 heterocycles. The third-order valence-corrected chi connectivity index (χ3v) is 11.5. The molecule has 5 heteroatoms. The summed E-state index contributed by atoms with van der Waals surface area (Å²) in [6.07, 6.45) is 1.64. The smallest absolute Gasteiger partial charge is 0.180 e. The molecule has 0 aliphatic heterocycles. The molecule has 8 aromatic carbocycles. The Morgan fingerprint density at radius 2 is 0.877 bits per heavy atom. The van der Waals surface area contributed by atoms with Gasteiger partial charge in [0.25, 0.3) is 0 Å². The van der Waals surface area contributed by atoms with E-state index in [0.29, 0.717) is 5.58 Å². The average molecular weight is 729 g/mol. The van der Waals surface area contributed by atoms with Crippen LogP contribution in [-0.4, -0.2) is 19.1 Å². The maximum Gasteiger partial charge on any atom is 0.180 e. The second-order valence-corrected chi connectivity index (χ2v) is 14.6. The Kier molecular flexibility index (Phi) is 6.86. The van der Waals surface area contributed by atoms with Gasteiger partial charge in [0.1, 0.15) is 23.1 Å². The van der Waals surface area contributed by atoms with Gasteiger partial charge < -0.3 is 13.6 Å². The number of hydrogen-bond acceptors (Lipinski definition) is 3. The fourth-order valence-electron chi connectivity index (χ4n) is 8.86. The third-order valence-electron chi connectivity index (χ3n) is 11.5. The van der Waals surface area contributed by atoms with E-state index in [1.807, 2.05) is 18.2 Å². The molecule has 57 heavy (non-hydrogen) atoms. The van der Waals surface area contributed by atoms with E-state index in [1.54, 1.807) is 6.33 Å². The molecule has 0 spiro atoms.